The summed E-state index contributed by atoms with van der Waals surface area (Å²) in [4.78, 5) is 10.5. The number of aldehydes is 1. The van der Waals surface area contributed by atoms with Gasteiger partial charge in [0, 0.05) is 13.5 Å². The normalized spacial score (nSPS) is 12.2. The largest absolute Gasteiger partial charge is 0.497 e. The number of methoxy groups -OCH3 is 2. The molecule has 0 radical (unpaired) electrons. The molecule has 1 aromatic carbocycles. The lowest BCUT2D eigenvalue weighted by molar-refractivity contribution is -0.108. The van der Waals surface area contributed by atoms with E-state index in [1.165, 1.54) is 0 Å². The van der Waals surface area contributed by atoms with Crippen LogP contribution in [0.25, 0.3) is 0 Å². The van der Waals surface area contributed by atoms with Crippen LogP contribution in [0.3, 0.4) is 0 Å². The van der Waals surface area contributed by atoms with E-state index in [-0.39, 0.29) is 5.92 Å². The van der Waals surface area contributed by atoms with Crippen molar-refractivity contribution in [1.29, 1.82) is 0 Å². The third-order valence-corrected chi connectivity index (χ3v) is 2.55. The van der Waals surface area contributed by atoms with E-state index >= 15 is 0 Å². The third kappa shape index (κ3) is 3.35. The number of rotatable bonds is 6. The van der Waals surface area contributed by atoms with E-state index in [2.05, 4.69) is 6.07 Å². The first-order valence-corrected chi connectivity index (χ1v) is 5.31. The molecule has 0 saturated heterocycles. The Morgan fingerprint density at radius 2 is 2.06 bits per heavy atom. The summed E-state index contributed by atoms with van der Waals surface area (Å²) < 4.78 is 10.3. The topological polar surface area (TPSA) is 35.5 Å². The van der Waals surface area contributed by atoms with Crippen LogP contribution >= 0.6 is 0 Å². The van der Waals surface area contributed by atoms with Gasteiger partial charge in [-0.25, -0.2) is 0 Å². The number of hydrogen-bond donors (Lipinski definition) is 0. The van der Waals surface area contributed by atoms with Gasteiger partial charge in [0.2, 0.25) is 0 Å². The summed E-state index contributed by atoms with van der Waals surface area (Å²) in [6.07, 6.45) is 1.47. The van der Waals surface area contributed by atoms with Crippen LogP contribution in [0.15, 0.2) is 18.2 Å². The summed E-state index contributed by atoms with van der Waals surface area (Å²) in [5, 5.41) is 0. The molecule has 0 saturated carbocycles. The van der Waals surface area contributed by atoms with Gasteiger partial charge in [-0.05, 0) is 29.2 Å². The summed E-state index contributed by atoms with van der Waals surface area (Å²) >= 11 is 0. The minimum absolute atomic E-state index is 0.211. The third-order valence-electron chi connectivity index (χ3n) is 2.55. The van der Waals surface area contributed by atoms with E-state index in [9.17, 15) is 4.79 Å². The number of carbonyl (C=O) groups is 1. The van der Waals surface area contributed by atoms with Crippen LogP contribution in [0.5, 0.6) is 5.75 Å². The summed E-state index contributed by atoms with van der Waals surface area (Å²) in [7, 11) is 3.30. The van der Waals surface area contributed by atoms with Gasteiger partial charge < -0.3 is 14.3 Å². The van der Waals surface area contributed by atoms with Gasteiger partial charge in [0.05, 0.1) is 13.7 Å². The SMILES string of the molecule is COCc1cc(OC)cc(C(C)CC=O)c1. The van der Waals surface area contributed by atoms with E-state index in [4.69, 9.17) is 9.47 Å². The summed E-state index contributed by atoms with van der Waals surface area (Å²) in [5.41, 5.74) is 2.17. The van der Waals surface area contributed by atoms with Crippen molar-refractivity contribution < 1.29 is 14.3 Å². The maximum absolute atomic E-state index is 10.5. The Balaban J connectivity index is 2.98. The molecule has 1 unspecified atom stereocenters. The zero-order chi connectivity index (χ0) is 12.0. The average Bonchev–Trinajstić information content (AvgIpc) is 2.29. The second-order valence-electron chi connectivity index (χ2n) is 3.85. The fraction of sp³-hybridized carbons (Fsp3) is 0.462. The minimum Gasteiger partial charge on any atom is -0.497 e. The van der Waals surface area contributed by atoms with Crippen LogP contribution in [0.1, 0.15) is 30.4 Å². The van der Waals surface area contributed by atoms with Crippen molar-refractivity contribution in [2.75, 3.05) is 14.2 Å². The van der Waals surface area contributed by atoms with Crippen molar-refractivity contribution in [3.8, 4) is 5.75 Å². The highest BCUT2D eigenvalue weighted by molar-refractivity contribution is 5.52. The van der Waals surface area contributed by atoms with Crippen LogP contribution in [0.4, 0.5) is 0 Å². The van der Waals surface area contributed by atoms with Crippen LogP contribution in [0, 0.1) is 0 Å². The lowest BCUT2D eigenvalue weighted by Gasteiger charge is -2.12. The van der Waals surface area contributed by atoms with Gasteiger partial charge in [-0.15, -0.1) is 0 Å². The molecule has 0 aliphatic heterocycles. The molecule has 0 N–H and O–H groups in total. The van der Waals surface area contributed by atoms with Gasteiger partial charge in [0.15, 0.2) is 0 Å². The molecule has 1 atom stereocenters. The Hall–Kier alpha value is -1.35. The maximum atomic E-state index is 10.5. The van der Waals surface area contributed by atoms with Crippen molar-refractivity contribution in [2.45, 2.75) is 25.9 Å². The Bertz CT molecular complexity index is 347. The number of hydrogen-bond acceptors (Lipinski definition) is 3. The van der Waals surface area contributed by atoms with E-state index in [0.717, 1.165) is 23.2 Å². The second kappa shape index (κ2) is 6.28. The van der Waals surface area contributed by atoms with Gasteiger partial charge in [0.1, 0.15) is 12.0 Å². The highest BCUT2D eigenvalue weighted by atomic mass is 16.5. The Labute approximate surface area is 96.4 Å². The average molecular weight is 222 g/mol. The lowest BCUT2D eigenvalue weighted by Crippen LogP contribution is -1.98. The molecule has 1 rings (SSSR count). The molecule has 3 nitrogen and oxygen atoms in total. The van der Waals surface area contributed by atoms with Crippen molar-refractivity contribution in [1.82, 2.24) is 0 Å². The van der Waals surface area contributed by atoms with Gasteiger partial charge in [-0.2, -0.15) is 0 Å². The molecule has 0 aliphatic rings. The molecule has 1 aromatic rings. The van der Waals surface area contributed by atoms with Gasteiger partial charge in [-0.3, -0.25) is 0 Å². The highest BCUT2D eigenvalue weighted by Gasteiger charge is 2.08. The van der Waals surface area contributed by atoms with E-state index in [1.807, 2.05) is 19.1 Å². The molecule has 88 valence electrons. The molecule has 0 aromatic heterocycles. The first kappa shape index (κ1) is 12.7. The predicted molar refractivity (Wildman–Crippen MR) is 62.8 cm³/mol. The molecule has 16 heavy (non-hydrogen) atoms. The fourth-order valence-corrected chi connectivity index (χ4v) is 1.62. The number of carbonyl (C=O) groups excluding carboxylic acids is 1. The fourth-order valence-electron chi connectivity index (χ4n) is 1.62. The zero-order valence-corrected chi connectivity index (χ0v) is 10.0. The predicted octanol–water partition coefficient (Wildman–Crippen LogP) is 2.53. The van der Waals surface area contributed by atoms with Gasteiger partial charge in [0.25, 0.3) is 0 Å². The maximum Gasteiger partial charge on any atom is 0.120 e. The van der Waals surface area contributed by atoms with Crippen LogP contribution in [-0.4, -0.2) is 20.5 Å². The van der Waals surface area contributed by atoms with E-state index in [0.29, 0.717) is 13.0 Å². The van der Waals surface area contributed by atoms with E-state index in [1.54, 1.807) is 14.2 Å². The van der Waals surface area contributed by atoms with Crippen LogP contribution < -0.4 is 4.74 Å². The summed E-state index contributed by atoms with van der Waals surface area (Å²) in [6, 6.07) is 5.97. The van der Waals surface area contributed by atoms with Gasteiger partial charge >= 0.3 is 0 Å². The molecule has 0 fully saturated rings. The first-order chi connectivity index (χ1) is 7.71. The molecule has 0 bridgehead atoms. The van der Waals surface area contributed by atoms with Gasteiger partial charge in [-0.1, -0.05) is 13.0 Å². The first-order valence-electron chi connectivity index (χ1n) is 5.31. The summed E-state index contributed by atoms with van der Waals surface area (Å²) in [5.74, 6) is 1.02. The Kier molecular flexibility index (Phi) is 4.99. The molecular formula is C13H18O3. The van der Waals surface area contributed by atoms with Crippen molar-refractivity contribution in [3.63, 3.8) is 0 Å². The lowest BCUT2D eigenvalue weighted by atomic mass is 9.96. The highest BCUT2D eigenvalue weighted by Crippen LogP contribution is 2.25. The quantitative estimate of drug-likeness (QED) is 0.694. The number of benzene rings is 1. The minimum atomic E-state index is 0.211. The molecule has 0 spiro atoms. The molecular weight excluding hydrogens is 204 g/mol. The Morgan fingerprint density at radius 3 is 2.62 bits per heavy atom. The monoisotopic (exact) mass is 222 g/mol. The van der Waals surface area contributed by atoms with Crippen molar-refractivity contribution in [2.24, 2.45) is 0 Å². The number of ether oxygens (including phenoxy) is 2. The molecule has 0 amide bonds. The standard InChI is InChI=1S/C13H18O3/c1-10(4-5-14)12-6-11(9-15-2)7-13(8-12)16-3/h5-8,10H,4,9H2,1-3H3. The zero-order valence-electron chi connectivity index (χ0n) is 10.0. The summed E-state index contributed by atoms with van der Waals surface area (Å²) in [6.45, 7) is 2.58. The molecule has 3 heteroatoms. The smallest absolute Gasteiger partial charge is 0.120 e. The van der Waals surface area contributed by atoms with Crippen molar-refractivity contribution in [3.05, 3.63) is 29.3 Å². The second-order valence-corrected chi connectivity index (χ2v) is 3.85. The van der Waals surface area contributed by atoms with Crippen molar-refractivity contribution >= 4 is 6.29 Å². The van der Waals surface area contributed by atoms with Crippen LogP contribution in [0.2, 0.25) is 0 Å². The molecule has 0 aliphatic carbocycles. The Morgan fingerprint density at radius 1 is 1.31 bits per heavy atom. The molecule has 0 heterocycles. The van der Waals surface area contributed by atoms with E-state index < -0.39 is 0 Å². The van der Waals surface area contributed by atoms with Crippen LogP contribution in [-0.2, 0) is 16.1 Å².